The molecule has 0 aliphatic heterocycles. The molecule has 23 heavy (non-hydrogen) atoms. The summed E-state index contributed by atoms with van der Waals surface area (Å²) in [6.07, 6.45) is 1.48. The summed E-state index contributed by atoms with van der Waals surface area (Å²) in [4.78, 5) is 8.41. The van der Waals surface area contributed by atoms with Gasteiger partial charge in [-0.25, -0.2) is 14.4 Å². The van der Waals surface area contributed by atoms with Crippen LogP contribution in [0.3, 0.4) is 0 Å². The van der Waals surface area contributed by atoms with Crippen LogP contribution in [-0.2, 0) is 0 Å². The molecule has 0 aliphatic rings. The van der Waals surface area contributed by atoms with Crippen molar-refractivity contribution in [1.82, 2.24) is 9.97 Å². The van der Waals surface area contributed by atoms with Gasteiger partial charge in [-0.1, -0.05) is 6.07 Å². The topological polar surface area (TPSA) is 49.8 Å². The van der Waals surface area contributed by atoms with Gasteiger partial charge in [0.15, 0.2) is 0 Å². The highest BCUT2D eigenvalue weighted by atomic mass is 19.1. The first-order valence-electron chi connectivity index (χ1n) is 7.28. The van der Waals surface area contributed by atoms with E-state index in [9.17, 15) is 4.39 Å². The van der Waals surface area contributed by atoms with Crippen molar-refractivity contribution >= 4 is 23.0 Å². The second kappa shape index (κ2) is 6.44. The SMILES string of the molecule is Cc1cc(C)cc(Nc2cc(Nc3ccc(F)cc3)ncn2)c1. The first-order valence-corrected chi connectivity index (χ1v) is 7.28. The molecule has 0 fully saturated rings. The second-order valence-corrected chi connectivity index (χ2v) is 5.42. The lowest BCUT2D eigenvalue weighted by molar-refractivity contribution is 0.628. The molecule has 0 bridgehead atoms. The Morgan fingerprint density at radius 2 is 1.30 bits per heavy atom. The van der Waals surface area contributed by atoms with Crippen LogP contribution in [0.1, 0.15) is 11.1 Å². The van der Waals surface area contributed by atoms with Gasteiger partial charge in [-0.2, -0.15) is 0 Å². The highest BCUT2D eigenvalue weighted by Gasteiger charge is 2.02. The second-order valence-electron chi connectivity index (χ2n) is 5.42. The van der Waals surface area contributed by atoms with E-state index in [1.807, 2.05) is 0 Å². The average molecular weight is 308 g/mol. The zero-order valence-electron chi connectivity index (χ0n) is 13.0. The van der Waals surface area contributed by atoms with Crippen LogP contribution in [-0.4, -0.2) is 9.97 Å². The van der Waals surface area contributed by atoms with Crippen LogP contribution in [0.5, 0.6) is 0 Å². The molecule has 0 atom stereocenters. The predicted octanol–water partition coefficient (Wildman–Crippen LogP) is 4.72. The van der Waals surface area contributed by atoms with Gasteiger partial charge in [0.2, 0.25) is 0 Å². The molecule has 0 saturated carbocycles. The summed E-state index contributed by atoms with van der Waals surface area (Å²) in [6, 6.07) is 14.2. The molecule has 5 heteroatoms. The van der Waals surface area contributed by atoms with Crippen LogP contribution in [0.15, 0.2) is 54.9 Å². The van der Waals surface area contributed by atoms with Gasteiger partial charge in [-0.3, -0.25) is 0 Å². The summed E-state index contributed by atoms with van der Waals surface area (Å²) in [5, 5.41) is 6.39. The molecule has 0 saturated heterocycles. The number of halogens is 1. The molecule has 0 aliphatic carbocycles. The van der Waals surface area contributed by atoms with E-state index in [1.165, 1.54) is 29.6 Å². The summed E-state index contributed by atoms with van der Waals surface area (Å²) in [7, 11) is 0. The minimum atomic E-state index is -0.268. The Morgan fingerprint density at radius 3 is 1.91 bits per heavy atom. The van der Waals surface area contributed by atoms with Crippen molar-refractivity contribution < 1.29 is 4.39 Å². The van der Waals surface area contributed by atoms with Crippen molar-refractivity contribution in [2.24, 2.45) is 0 Å². The molecule has 0 unspecified atom stereocenters. The lowest BCUT2D eigenvalue weighted by Crippen LogP contribution is -1.99. The summed E-state index contributed by atoms with van der Waals surface area (Å²) in [5.74, 6) is 1.06. The summed E-state index contributed by atoms with van der Waals surface area (Å²) >= 11 is 0. The predicted molar refractivity (Wildman–Crippen MR) is 90.9 cm³/mol. The Kier molecular flexibility index (Phi) is 4.19. The minimum Gasteiger partial charge on any atom is -0.340 e. The van der Waals surface area contributed by atoms with Gasteiger partial charge >= 0.3 is 0 Å². The Hall–Kier alpha value is -2.95. The summed E-state index contributed by atoms with van der Waals surface area (Å²) in [6.45, 7) is 4.11. The van der Waals surface area contributed by atoms with Gasteiger partial charge in [0.05, 0.1) is 0 Å². The number of rotatable bonds is 4. The molecule has 3 rings (SSSR count). The van der Waals surface area contributed by atoms with Crippen molar-refractivity contribution in [3.63, 3.8) is 0 Å². The van der Waals surface area contributed by atoms with Gasteiger partial charge in [0, 0.05) is 17.4 Å². The number of hydrogen-bond acceptors (Lipinski definition) is 4. The number of benzene rings is 2. The highest BCUT2D eigenvalue weighted by molar-refractivity contribution is 5.63. The van der Waals surface area contributed by atoms with Gasteiger partial charge in [0.25, 0.3) is 0 Å². The van der Waals surface area contributed by atoms with Crippen LogP contribution in [0.25, 0.3) is 0 Å². The molecule has 0 amide bonds. The maximum atomic E-state index is 12.9. The lowest BCUT2D eigenvalue weighted by atomic mass is 10.1. The van der Waals surface area contributed by atoms with Crippen molar-refractivity contribution in [1.29, 1.82) is 0 Å². The van der Waals surface area contributed by atoms with E-state index >= 15 is 0 Å². The smallest absolute Gasteiger partial charge is 0.135 e. The number of anilines is 4. The molecule has 4 nitrogen and oxygen atoms in total. The monoisotopic (exact) mass is 308 g/mol. The minimum absolute atomic E-state index is 0.268. The van der Waals surface area contributed by atoms with Crippen LogP contribution < -0.4 is 10.6 Å². The highest BCUT2D eigenvalue weighted by Crippen LogP contribution is 2.21. The van der Waals surface area contributed by atoms with Crippen molar-refractivity contribution in [3.05, 3.63) is 71.8 Å². The Balaban J connectivity index is 1.78. The van der Waals surface area contributed by atoms with Crippen LogP contribution in [0.2, 0.25) is 0 Å². The number of nitrogens with one attached hydrogen (secondary N) is 2. The fraction of sp³-hybridized carbons (Fsp3) is 0.111. The molecule has 116 valence electrons. The third-order valence-electron chi connectivity index (χ3n) is 3.28. The largest absolute Gasteiger partial charge is 0.340 e. The molecule has 2 aromatic carbocycles. The molecule has 1 aromatic heterocycles. The molecule has 1 heterocycles. The Morgan fingerprint density at radius 1 is 0.739 bits per heavy atom. The maximum Gasteiger partial charge on any atom is 0.135 e. The van der Waals surface area contributed by atoms with E-state index in [-0.39, 0.29) is 5.82 Å². The molecule has 3 aromatic rings. The van der Waals surface area contributed by atoms with E-state index in [1.54, 1.807) is 18.2 Å². The van der Waals surface area contributed by atoms with Crippen molar-refractivity contribution in [3.8, 4) is 0 Å². The summed E-state index contributed by atoms with van der Waals surface area (Å²) in [5.41, 5.74) is 4.12. The third kappa shape index (κ3) is 4.03. The quantitative estimate of drug-likeness (QED) is 0.732. The fourth-order valence-corrected chi connectivity index (χ4v) is 2.37. The molecular formula is C18H17FN4. The average Bonchev–Trinajstić information content (AvgIpc) is 2.49. The maximum absolute atomic E-state index is 12.9. The number of nitrogens with zero attached hydrogens (tertiary/aromatic N) is 2. The first-order chi connectivity index (χ1) is 11.1. The zero-order chi connectivity index (χ0) is 16.2. The third-order valence-corrected chi connectivity index (χ3v) is 3.28. The number of aromatic nitrogens is 2. The van der Waals surface area contributed by atoms with Crippen molar-refractivity contribution in [2.45, 2.75) is 13.8 Å². The fourth-order valence-electron chi connectivity index (χ4n) is 2.37. The van der Waals surface area contributed by atoms with Crippen molar-refractivity contribution in [2.75, 3.05) is 10.6 Å². The number of aryl methyl sites for hydroxylation is 2. The van der Waals surface area contributed by atoms with E-state index in [0.717, 1.165) is 11.4 Å². The van der Waals surface area contributed by atoms with Gasteiger partial charge in [-0.15, -0.1) is 0 Å². The Labute approximate surface area is 134 Å². The van der Waals surface area contributed by atoms with Gasteiger partial charge in [0.1, 0.15) is 23.8 Å². The summed E-state index contributed by atoms with van der Waals surface area (Å²) < 4.78 is 12.9. The standard InChI is InChI=1S/C18H17FN4/c1-12-7-13(2)9-16(8-12)23-18-10-17(20-11-21-18)22-15-5-3-14(19)4-6-15/h3-11H,1-2H3,(H2,20,21,22,23). The van der Waals surface area contributed by atoms with E-state index < -0.39 is 0 Å². The van der Waals surface area contributed by atoms with Crippen LogP contribution >= 0.6 is 0 Å². The zero-order valence-corrected chi connectivity index (χ0v) is 13.0. The molecule has 0 spiro atoms. The van der Waals surface area contributed by atoms with E-state index in [2.05, 4.69) is 52.6 Å². The van der Waals surface area contributed by atoms with E-state index in [4.69, 9.17) is 0 Å². The lowest BCUT2D eigenvalue weighted by Gasteiger charge is -2.10. The van der Waals surface area contributed by atoms with Gasteiger partial charge < -0.3 is 10.6 Å². The van der Waals surface area contributed by atoms with Gasteiger partial charge in [-0.05, 0) is 61.4 Å². The molecular weight excluding hydrogens is 291 g/mol. The van der Waals surface area contributed by atoms with E-state index in [0.29, 0.717) is 11.6 Å². The first kappa shape index (κ1) is 15.0. The molecule has 2 N–H and O–H groups in total. The normalized spacial score (nSPS) is 10.4. The molecule has 0 radical (unpaired) electrons. The van der Waals surface area contributed by atoms with Crippen LogP contribution in [0, 0.1) is 19.7 Å². The Bertz CT molecular complexity index is 795. The number of hydrogen-bond donors (Lipinski definition) is 2. The van der Waals surface area contributed by atoms with Crippen LogP contribution in [0.4, 0.5) is 27.4 Å².